The Bertz CT molecular complexity index is 850. The third-order valence-corrected chi connectivity index (χ3v) is 2.90. The average Bonchev–Trinajstić information content (AvgIpc) is 2.87. The highest BCUT2D eigenvalue weighted by Crippen LogP contribution is 2.27. The molecule has 0 unspecified atom stereocenters. The van der Waals surface area contributed by atoms with Crippen molar-refractivity contribution in [2.24, 2.45) is 0 Å². The predicted octanol–water partition coefficient (Wildman–Crippen LogP) is 2.19. The molecule has 3 rings (SSSR count). The molecule has 2 aromatic heterocycles. The Balaban J connectivity index is 1.95. The SMILES string of the molecule is O=c1[nH]c(Cn2ccc(C(F)(F)F)n2)nc2ccccc12. The van der Waals surface area contributed by atoms with Gasteiger partial charge < -0.3 is 4.98 Å². The van der Waals surface area contributed by atoms with E-state index in [4.69, 9.17) is 0 Å². The number of hydrogen-bond acceptors (Lipinski definition) is 3. The molecule has 0 aliphatic heterocycles. The number of alkyl halides is 3. The maximum atomic E-state index is 12.5. The fourth-order valence-electron chi connectivity index (χ4n) is 1.96. The van der Waals surface area contributed by atoms with Crippen molar-refractivity contribution in [3.8, 4) is 0 Å². The molecular weight excluding hydrogens is 285 g/mol. The second-order valence-corrected chi connectivity index (χ2v) is 4.43. The second kappa shape index (κ2) is 4.72. The molecule has 0 saturated heterocycles. The minimum Gasteiger partial charge on any atom is -0.308 e. The number of benzene rings is 1. The number of nitrogens with one attached hydrogen (secondary N) is 1. The quantitative estimate of drug-likeness (QED) is 0.788. The molecule has 5 nitrogen and oxygen atoms in total. The zero-order valence-corrected chi connectivity index (χ0v) is 10.6. The molecule has 2 heterocycles. The first-order valence-electron chi connectivity index (χ1n) is 6.02. The Morgan fingerprint density at radius 3 is 2.67 bits per heavy atom. The molecule has 0 aliphatic carbocycles. The molecule has 8 heteroatoms. The van der Waals surface area contributed by atoms with E-state index in [2.05, 4.69) is 15.1 Å². The summed E-state index contributed by atoms with van der Waals surface area (Å²) < 4.78 is 38.5. The maximum absolute atomic E-state index is 12.5. The van der Waals surface area contributed by atoms with Gasteiger partial charge in [-0.15, -0.1) is 0 Å². The van der Waals surface area contributed by atoms with Gasteiger partial charge in [-0.05, 0) is 18.2 Å². The van der Waals surface area contributed by atoms with Crippen LogP contribution in [0.3, 0.4) is 0 Å². The third-order valence-electron chi connectivity index (χ3n) is 2.90. The molecule has 0 aliphatic rings. The summed E-state index contributed by atoms with van der Waals surface area (Å²) >= 11 is 0. The van der Waals surface area contributed by atoms with Crippen molar-refractivity contribution in [2.45, 2.75) is 12.7 Å². The van der Waals surface area contributed by atoms with E-state index < -0.39 is 11.9 Å². The molecule has 21 heavy (non-hydrogen) atoms. The number of para-hydroxylation sites is 1. The van der Waals surface area contributed by atoms with E-state index in [1.165, 1.54) is 6.20 Å². The lowest BCUT2D eigenvalue weighted by Crippen LogP contribution is -2.15. The van der Waals surface area contributed by atoms with Gasteiger partial charge in [0.25, 0.3) is 5.56 Å². The van der Waals surface area contributed by atoms with Crippen LogP contribution in [0.2, 0.25) is 0 Å². The van der Waals surface area contributed by atoms with Gasteiger partial charge in [-0.25, -0.2) is 4.98 Å². The van der Waals surface area contributed by atoms with Gasteiger partial charge in [-0.3, -0.25) is 9.48 Å². The topological polar surface area (TPSA) is 63.6 Å². The largest absolute Gasteiger partial charge is 0.435 e. The molecule has 0 bridgehead atoms. The number of aromatic amines is 1. The standard InChI is InChI=1S/C13H9F3N4O/c14-13(15,16)10-5-6-20(19-10)7-11-17-9-4-2-1-3-8(9)12(21)18-11/h1-6H,7H2,(H,17,18,21). The summed E-state index contributed by atoms with van der Waals surface area (Å²) in [5.41, 5.74) is -0.830. The minimum atomic E-state index is -4.49. The highest BCUT2D eigenvalue weighted by molar-refractivity contribution is 5.77. The van der Waals surface area contributed by atoms with Gasteiger partial charge in [0, 0.05) is 6.20 Å². The molecule has 3 aromatic rings. The van der Waals surface area contributed by atoms with Crippen LogP contribution in [0, 0.1) is 0 Å². The molecule has 0 radical (unpaired) electrons. The first-order chi connectivity index (χ1) is 9.93. The Kier molecular flexibility index (Phi) is 3.00. The van der Waals surface area contributed by atoms with Gasteiger partial charge in [0.05, 0.1) is 17.4 Å². The van der Waals surface area contributed by atoms with E-state index in [0.29, 0.717) is 10.9 Å². The van der Waals surface area contributed by atoms with Crippen molar-refractivity contribution in [3.63, 3.8) is 0 Å². The molecule has 1 aromatic carbocycles. The first-order valence-corrected chi connectivity index (χ1v) is 6.02. The van der Waals surface area contributed by atoms with Crippen LogP contribution >= 0.6 is 0 Å². The van der Waals surface area contributed by atoms with E-state index in [9.17, 15) is 18.0 Å². The van der Waals surface area contributed by atoms with Crippen molar-refractivity contribution in [2.75, 3.05) is 0 Å². The van der Waals surface area contributed by atoms with Crippen molar-refractivity contribution in [3.05, 3.63) is 58.4 Å². The normalized spacial score (nSPS) is 12.0. The summed E-state index contributed by atoms with van der Waals surface area (Å²) in [5.74, 6) is 0.246. The molecular formula is C13H9F3N4O. The molecule has 0 saturated carbocycles. The van der Waals surface area contributed by atoms with E-state index in [1.807, 2.05) is 0 Å². The molecule has 108 valence electrons. The van der Waals surface area contributed by atoms with Crippen molar-refractivity contribution >= 4 is 10.9 Å². The molecule has 0 spiro atoms. The number of fused-ring (bicyclic) bond motifs is 1. The van der Waals surface area contributed by atoms with E-state index in [0.717, 1.165) is 10.7 Å². The van der Waals surface area contributed by atoms with Crippen LogP contribution in [0.5, 0.6) is 0 Å². The summed E-state index contributed by atoms with van der Waals surface area (Å²) in [4.78, 5) is 18.6. The van der Waals surface area contributed by atoms with E-state index in [1.54, 1.807) is 24.3 Å². The summed E-state index contributed by atoms with van der Waals surface area (Å²) in [6.07, 6.45) is -3.30. The zero-order chi connectivity index (χ0) is 15.0. The van der Waals surface area contributed by atoms with Gasteiger partial charge in [-0.2, -0.15) is 18.3 Å². The average molecular weight is 294 g/mol. The Hall–Kier alpha value is -2.64. The summed E-state index contributed by atoms with van der Waals surface area (Å²) in [5, 5.41) is 3.84. The van der Waals surface area contributed by atoms with Crippen molar-refractivity contribution < 1.29 is 13.2 Å². The summed E-state index contributed by atoms with van der Waals surface area (Å²) in [6.45, 7) is -0.0455. The lowest BCUT2D eigenvalue weighted by Gasteiger charge is -2.04. The second-order valence-electron chi connectivity index (χ2n) is 4.43. The Morgan fingerprint density at radius 1 is 1.19 bits per heavy atom. The smallest absolute Gasteiger partial charge is 0.308 e. The van der Waals surface area contributed by atoms with Gasteiger partial charge >= 0.3 is 6.18 Å². The van der Waals surface area contributed by atoms with Crippen LogP contribution in [0.25, 0.3) is 10.9 Å². The number of rotatable bonds is 2. The third kappa shape index (κ3) is 2.64. The van der Waals surface area contributed by atoms with E-state index >= 15 is 0 Å². The monoisotopic (exact) mass is 294 g/mol. The van der Waals surface area contributed by atoms with Crippen LogP contribution in [0.4, 0.5) is 13.2 Å². The number of halogens is 3. The number of H-pyrrole nitrogens is 1. The van der Waals surface area contributed by atoms with Crippen LogP contribution < -0.4 is 5.56 Å². The van der Waals surface area contributed by atoms with Gasteiger partial charge in [0.2, 0.25) is 0 Å². The molecule has 0 fully saturated rings. The highest BCUT2D eigenvalue weighted by atomic mass is 19.4. The first kappa shape index (κ1) is 13.3. The van der Waals surface area contributed by atoms with Gasteiger partial charge in [-0.1, -0.05) is 12.1 Å². The van der Waals surface area contributed by atoms with Crippen LogP contribution in [0.15, 0.2) is 41.3 Å². The molecule has 0 amide bonds. The maximum Gasteiger partial charge on any atom is 0.435 e. The van der Waals surface area contributed by atoms with E-state index in [-0.39, 0.29) is 17.9 Å². The van der Waals surface area contributed by atoms with Crippen molar-refractivity contribution in [1.29, 1.82) is 0 Å². The predicted molar refractivity (Wildman–Crippen MR) is 68.7 cm³/mol. The van der Waals surface area contributed by atoms with Crippen LogP contribution in [-0.4, -0.2) is 19.7 Å². The highest BCUT2D eigenvalue weighted by Gasteiger charge is 2.33. The number of hydrogen-bond donors (Lipinski definition) is 1. The molecule has 0 atom stereocenters. The van der Waals surface area contributed by atoms with Gasteiger partial charge in [0.1, 0.15) is 5.82 Å². The fraction of sp³-hybridized carbons (Fsp3) is 0.154. The lowest BCUT2D eigenvalue weighted by atomic mass is 10.2. The summed E-state index contributed by atoms with van der Waals surface area (Å²) in [6, 6.07) is 7.61. The Labute approximate surface area is 116 Å². The summed E-state index contributed by atoms with van der Waals surface area (Å²) in [7, 11) is 0. The van der Waals surface area contributed by atoms with Gasteiger partial charge in [0.15, 0.2) is 5.69 Å². The van der Waals surface area contributed by atoms with Crippen LogP contribution in [0.1, 0.15) is 11.5 Å². The zero-order valence-electron chi connectivity index (χ0n) is 10.6. The van der Waals surface area contributed by atoms with Crippen LogP contribution in [-0.2, 0) is 12.7 Å². The number of aromatic nitrogens is 4. The number of nitrogens with zero attached hydrogens (tertiary/aromatic N) is 3. The molecule has 1 N–H and O–H groups in total. The minimum absolute atomic E-state index is 0.0455. The van der Waals surface area contributed by atoms with Crippen molar-refractivity contribution in [1.82, 2.24) is 19.7 Å². The lowest BCUT2D eigenvalue weighted by molar-refractivity contribution is -0.141. The fourth-order valence-corrected chi connectivity index (χ4v) is 1.96. The Morgan fingerprint density at radius 2 is 1.95 bits per heavy atom.